The Morgan fingerprint density at radius 1 is 1.35 bits per heavy atom. The van der Waals surface area contributed by atoms with Crippen LogP contribution in [0.1, 0.15) is 18.9 Å². The Labute approximate surface area is 127 Å². The molecule has 2 N–H and O–H groups in total. The summed E-state index contributed by atoms with van der Waals surface area (Å²) in [5.41, 5.74) is 7.45. The molecule has 1 aromatic carbocycles. The van der Waals surface area contributed by atoms with Crippen molar-refractivity contribution in [3.63, 3.8) is 0 Å². The molecule has 0 radical (unpaired) electrons. The Hall–Kier alpha value is -1.28. The highest BCUT2D eigenvalue weighted by Crippen LogP contribution is 2.29. The largest absolute Gasteiger partial charge is 0.398 e. The molecule has 0 atom stereocenters. The third-order valence-electron chi connectivity index (χ3n) is 3.45. The van der Waals surface area contributed by atoms with E-state index in [1.807, 2.05) is 22.9 Å². The van der Waals surface area contributed by atoms with E-state index in [0.29, 0.717) is 23.0 Å². The number of nitrogens with two attached hydrogens (primary N) is 1. The van der Waals surface area contributed by atoms with Gasteiger partial charge < -0.3 is 5.73 Å². The van der Waals surface area contributed by atoms with Crippen LogP contribution in [0.15, 0.2) is 22.7 Å². The van der Waals surface area contributed by atoms with E-state index >= 15 is 0 Å². The standard InChI is InChI=1S/C12H14BrN5OS/c13-10-2-1-8(7-11(10)14)12-15-16-17-18(12)9-3-5-20(19)6-4-9/h1-2,7,9H,3-6,14H2. The summed E-state index contributed by atoms with van der Waals surface area (Å²) in [5.74, 6) is 2.14. The number of anilines is 1. The Balaban J connectivity index is 1.93. The van der Waals surface area contributed by atoms with Crippen LogP contribution in [0.2, 0.25) is 0 Å². The highest BCUT2D eigenvalue weighted by Gasteiger charge is 2.23. The van der Waals surface area contributed by atoms with Gasteiger partial charge in [0.05, 0.1) is 6.04 Å². The highest BCUT2D eigenvalue weighted by atomic mass is 79.9. The topological polar surface area (TPSA) is 86.7 Å². The van der Waals surface area contributed by atoms with Gasteiger partial charge in [-0.1, -0.05) is 0 Å². The van der Waals surface area contributed by atoms with Crippen molar-refractivity contribution < 1.29 is 4.21 Å². The molecule has 1 aromatic heterocycles. The van der Waals surface area contributed by atoms with Crippen molar-refractivity contribution in [1.82, 2.24) is 20.2 Å². The van der Waals surface area contributed by atoms with E-state index in [1.165, 1.54) is 0 Å². The molecule has 106 valence electrons. The minimum absolute atomic E-state index is 0.211. The van der Waals surface area contributed by atoms with Gasteiger partial charge in [-0.15, -0.1) is 5.10 Å². The van der Waals surface area contributed by atoms with E-state index in [9.17, 15) is 4.21 Å². The maximum Gasteiger partial charge on any atom is 0.182 e. The maximum atomic E-state index is 11.4. The number of hydrogen-bond acceptors (Lipinski definition) is 5. The van der Waals surface area contributed by atoms with Gasteiger partial charge in [0.25, 0.3) is 0 Å². The lowest BCUT2D eigenvalue weighted by atomic mass is 10.1. The number of aromatic nitrogens is 4. The second-order valence-corrected chi connectivity index (χ2v) is 7.31. The summed E-state index contributed by atoms with van der Waals surface area (Å²) in [6.07, 6.45) is 1.69. The van der Waals surface area contributed by atoms with Gasteiger partial charge >= 0.3 is 0 Å². The molecule has 1 aliphatic rings. The molecule has 0 bridgehead atoms. The number of tetrazole rings is 1. The van der Waals surface area contributed by atoms with Crippen molar-refractivity contribution in [2.24, 2.45) is 0 Å². The molecular weight excluding hydrogens is 342 g/mol. The van der Waals surface area contributed by atoms with Crippen LogP contribution in [-0.2, 0) is 10.8 Å². The summed E-state index contributed by atoms with van der Waals surface area (Å²) in [6, 6.07) is 5.89. The summed E-state index contributed by atoms with van der Waals surface area (Å²) in [5, 5.41) is 12.0. The first-order valence-electron chi connectivity index (χ1n) is 6.33. The van der Waals surface area contributed by atoms with E-state index in [0.717, 1.165) is 22.9 Å². The Kier molecular flexibility index (Phi) is 3.84. The van der Waals surface area contributed by atoms with Crippen LogP contribution >= 0.6 is 15.9 Å². The van der Waals surface area contributed by atoms with E-state index in [-0.39, 0.29) is 6.04 Å². The van der Waals surface area contributed by atoms with Crippen molar-refractivity contribution in [1.29, 1.82) is 0 Å². The quantitative estimate of drug-likeness (QED) is 0.829. The Morgan fingerprint density at radius 2 is 2.10 bits per heavy atom. The Bertz CT molecular complexity index is 649. The van der Waals surface area contributed by atoms with E-state index in [2.05, 4.69) is 31.5 Å². The van der Waals surface area contributed by atoms with Crippen molar-refractivity contribution in [3.05, 3.63) is 22.7 Å². The zero-order valence-corrected chi connectivity index (χ0v) is 13.1. The number of nitrogens with zero attached hydrogens (tertiary/aromatic N) is 4. The molecule has 2 heterocycles. The van der Waals surface area contributed by atoms with Gasteiger partial charge in [-0.05, 0) is 57.4 Å². The number of halogens is 1. The molecule has 1 saturated heterocycles. The van der Waals surface area contributed by atoms with Crippen molar-refractivity contribution in [2.45, 2.75) is 18.9 Å². The average molecular weight is 356 g/mol. The summed E-state index contributed by atoms with van der Waals surface area (Å²) >= 11 is 3.38. The first kappa shape index (κ1) is 13.7. The smallest absolute Gasteiger partial charge is 0.182 e. The number of hydrogen-bond donors (Lipinski definition) is 1. The van der Waals surface area contributed by atoms with Crippen LogP contribution in [0.25, 0.3) is 11.4 Å². The van der Waals surface area contributed by atoms with E-state index in [1.54, 1.807) is 0 Å². The van der Waals surface area contributed by atoms with Crippen LogP contribution in [0, 0.1) is 0 Å². The monoisotopic (exact) mass is 355 g/mol. The van der Waals surface area contributed by atoms with Crippen molar-refractivity contribution in [2.75, 3.05) is 17.2 Å². The van der Waals surface area contributed by atoms with Gasteiger partial charge in [-0.3, -0.25) is 4.21 Å². The molecule has 3 rings (SSSR count). The summed E-state index contributed by atoms with van der Waals surface area (Å²) in [4.78, 5) is 0. The second kappa shape index (κ2) is 5.61. The fraction of sp³-hybridized carbons (Fsp3) is 0.417. The second-order valence-electron chi connectivity index (χ2n) is 4.76. The molecule has 6 nitrogen and oxygen atoms in total. The maximum absolute atomic E-state index is 11.4. The summed E-state index contributed by atoms with van der Waals surface area (Å²) in [7, 11) is -0.688. The third-order valence-corrected chi connectivity index (χ3v) is 5.55. The minimum Gasteiger partial charge on any atom is -0.398 e. The fourth-order valence-corrected chi connectivity index (χ4v) is 3.86. The van der Waals surface area contributed by atoms with Gasteiger partial charge in [-0.25, -0.2) is 4.68 Å². The molecule has 0 aliphatic carbocycles. The molecule has 8 heteroatoms. The van der Waals surface area contributed by atoms with Crippen molar-refractivity contribution >= 4 is 32.4 Å². The van der Waals surface area contributed by atoms with Gasteiger partial charge in [0.15, 0.2) is 5.82 Å². The van der Waals surface area contributed by atoms with Crippen LogP contribution in [0.5, 0.6) is 0 Å². The van der Waals surface area contributed by atoms with Gasteiger partial charge in [0.2, 0.25) is 0 Å². The predicted octanol–water partition coefficient (Wildman–Crippen LogP) is 1.77. The van der Waals surface area contributed by atoms with Crippen LogP contribution < -0.4 is 5.73 Å². The zero-order valence-electron chi connectivity index (χ0n) is 10.7. The molecule has 0 spiro atoms. The van der Waals surface area contributed by atoms with E-state index in [4.69, 9.17) is 5.73 Å². The molecule has 0 saturated carbocycles. The lowest BCUT2D eigenvalue weighted by Crippen LogP contribution is -2.23. The van der Waals surface area contributed by atoms with Crippen molar-refractivity contribution in [3.8, 4) is 11.4 Å². The first-order chi connectivity index (χ1) is 9.65. The molecule has 1 fully saturated rings. The predicted molar refractivity (Wildman–Crippen MR) is 81.5 cm³/mol. The number of benzene rings is 1. The minimum atomic E-state index is -0.688. The SMILES string of the molecule is Nc1cc(-c2nnnn2C2CCS(=O)CC2)ccc1Br. The van der Waals surface area contributed by atoms with Gasteiger partial charge in [-0.2, -0.15) is 0 Å². The molecule has 0 unspecified atom stereocenters. The third kappa shape index (κ3) is 2.62. The molecule has 0 amide bonds. The molecule has 2 aromatic rings. The normalized spacial score (nSPS) is 22.9. The molecule has 1 aliphatic heterocycles. The summed E-state index contributed by atoms with van der Waals surface area (Å²) < 4.78 is 14.1. The lowest BCUT2D eigenvalue weighted by molar-refractivity contribution is 0.415. The Morgan fingerprint density at radius 3 is 2.80 bits per heavy atom. The van der Waals surface area contributed by atoms with Crippen LogP contribution in [0.4, 0.5) is 5.69 Å². The zero-order chi connectivity index (χ0) is 14.1. The first-order valence-corrected chi connectivity index (χ1v) is 8.61. The lowest BCUT2D eigenvalue weighted by Gasteiger charge is -2.22. The fourth-order valence-electron chi connectivity index (χ4n) is 2.34. The molecule has 20 heavy (non-hydrogen) atoms. The molecular formula is C12H14BrN5OS. The van der Waals surface area contributed by atoms with Crippen LogP contribution in [0.3, 0.4) is 0 Å². The van der Waals surface area contributed by atoms with Crippen LogP contribution in [-0.4, -0.2) is 35.9 Å². The number of rotatable bonds is 2. The van der Waals surface area contributed by atoms with Gasteiger partial charge in [0, 0.05) is 38.0 Å². The average Bonchev–Trinajstić information content (AvgIpc) is 2.92. The number of nitrogen functional groups attached to an aromatic ring is 1. The van der Waals surface area contributed by atoms with E-state index < -0.39 is 10.8 Å². The summed E-state index contributed by atoms with van der Waals surface area (Å²) in [6.45, 7) is 0. The highest BCUT2D eigenvalue weighted by molar-refractivity contribution is 9.10. The van der Waals surface area contributed by atoms with Gasteiger partial charge in [0.1, 0.15) is 0 Å².